The van der Waals surface area contributed by atoms with Crippen LogP contribution >= 0.6 is 0 Å². The van der Waals surface area contributed by atoms with E-state index in [1.54, 1.807) is 19.4 Å². The van der Waals surface area contributed by atoms with Gasteiger partial charge in [0.1, 0.15) is 0 Å². The molecule has 20 heavy (non-hydrogen) atoms. The third-order valence-electron chi connectivity index (χ3n) is 3.96. The molecule has 1 heterocycles. The highest BCUT2D eigenvalue weighted by Gasteiger charge is 2.35. The highest BCUT2D eigenvalue weighted by Crippen LogP contribution is 2.42. The summed E-state index contributed by atoms with van der Waals surface area (Å²) in [4.78, 5) is 23.5. The van der Waals surface area contributed by atoms with Crippen LogP contribution in [0.3, 0.4) is 0 Å². The fourth-order valence-corrected chi connectivity index (χ4v) is 2.89. The molecule has 0 aliphatic heterocycles. The van der Waals surface area contributed by atoms with Gasteiger partial charge >= 0.3 is 0 Å². The van der Waals surface area contributed by atoms with Crippen LogP contribution in [0.15, 0.2) is 29.4 Å². The zero-order chi connectivity index (χ0) is 14.0. The number of nitrogens with zero attached hydrogens (tertiary/aromatic N) is 3. The van der Waals surface area contributed by atoms with Gasteiger partial charge in [-0.3, -0.25) is 0 Å². The Bertz CT molecular complexity index is 687. The van der Waals surface area contributed by atoms with Gasteiger partial charge in [0.05, 0.1) is 29.9 Å². The molecule has 0 bridgehead atoms. The third kappa shape index (κ3) is 2.06. The van der Waals surface area contributed by atoms with E-state index in [9.17, 15) is 4.79 Å². The lowest BCUT2D eigenvalue weighted by atomic mass is 9.88. The zero-order valence-electron chi connectivity index (χ0n) is 11.3. The van der Waals surface area contributed by atoms with E-state index in [0.29, 0.717) is 5.88 Å². The number of ether oxygens (including phenoxy) is 1. The zero-order valence-corrected chi connectivity index (χ0v) is 11.3. The summed E-state index contributed by atoms with van der Waals surface area (Å²) in [5.41, 5.74) is 2.16. The van der Waals surface area contributed by atoms with Gasteiger partial charge in [0, 0.05) is 0 Å². The minimum absolute atomic E-state index is 0.419. The number of benzene rings is 1. The van der Waals surface area contributed by atoms with Crippen molar-refractivity contribution in [3.63, 3.8) is 0 Å². The summed E-state index contributed by atoms with van der Waals surface area (Å²) >= 11 is 0. The average Bonchev–Trinajstić information content (AvgIpc) is 2.96. The van der Waals surface area contributed by atoms with Gasteiger partial charge < -0.3 is 4.74 Å². The van der Waals surface area contributed by atoms with Crippen LogP contribution in [0.5, 0.6) is 5.88 Å². The average molecular weight is 269 g/mol. The summed E-state index contributed by atoms with van der Waals surface area (Å²) < 4.78 is 5.07. The Morgan fingerprint density at radius 2 is 2.10 bits per heavy atom. The Morgan fingerprint density at radius 1 is 1.30 bits per heavy atom. The fourth-order valence-electron chi connectivity index (χ4n) is 2.89. The smallest absolute Gasteiger partial charge is 0.235 e. The number of hydrogen-bond donors (Lipinski definition) is 0. The molecule has 5 nitrogen and oxygen atoms in total. The minimum Gasteiger partial charge on any atom is -0.480 e. The maximum absolute atomic E-state index is 10.8. The van der Waals surface area contributed by atoms with Crippen molar-refractivity contribution in [2.45, 2.75) is 31.2 Å². The van der Waals surface area contributed by atoms with Gasteiger partial charge in [0.2, 0.25) is 12.0 Å². The van der Waals surface area contributed by atoms with E-state index in [0.717, 1.165) is 42.3 Å². The van der Waals surface area contributed by atoms with Gasteiger partial charge in [0.25, 0.3) is 0 Å². The first-order valence-electron chi connectivity index (χ1n) is 6.68. The second-order valence-corrected chi connectivity index (χ2v) is 5.06. The number of carbonyl (C=O) groups excluding carboxylic acids is 1. The molecule has 1 aromatic heterocycles. The molecule has 2 aromatic rings. The molecule has 0 spiro atoms. The summed E-state index contributed by atoms with van der Waals surface area (Å²) in [5, 5.41) is 0. The van der Waals surface area contributed by atoms with Crippen molar-refractivity contribution in [2.75, 3.05) is 7.11 Å². The molecule has 0 saturated heterocycles. The van der Waals surface area contributed by atoms with Crippen molar-refractivity contribution in [3.05, 3.63) is 30.0 Å². The van der Waals surface area contributed by atoms with Gasteiger partial charge in [-0.25, -0.2) is 14.8 Å². The fraction of sp³-hybridized carbons (Fsp3) is 0.400. The van der Waals surface area contributed by atoms with Crippen LogP contribution in [-0.4, -0.2) is 23.2 Å². The standard InChI is InChI=1S/C15H15N3O2/c1-20-14-9-16-13-8-11(4-5-12(13)18-14)15(17-10-19)6-2-3-7-15/h4-5,8-9H,2-3,6-7H2,1H3. The van der Waals surface area contributed by atoms with Gasteiger partial charge in [-0.05, 0) is 30.5 Å². The number of rotatable bonds is 3. The van der Waals surface area contributed by atoms with Crippen molar-refractivity contribution >= 4 is 17.1 Å². The summed E-state index contributed by atoms with van der Waals surface area (Å²) in [6.07, 6.45) is 7.26. The van der Waals surface area contributed by atoms with Crippen molar-refractivity contribution < 1.29 is 9.53 Å². The molecular formula is C15H15N3O2. The van der Waals surface area contributed by atoms with Crippen LogP contribution in [0.4, 0.5) is 0 Å². The van der Waals surface area contributed by atoms with Gasteiger partial charge in [-0.15, -0.1) is 0 Å². The van der Waals surface area contributed by atoms with Crippen molar-refractivity contribution in [2.24, 2.45) is 4.99 Å². The van der Waals surface area contributed by atoms with E-state index < -0.39 is 5.54 Å². The Hall–Kier alpha value is -2.26. The normalized spacial score (nSPS) is 16.9. The molecule has 0 N–H and O–H groups in total. The third-order valence-corrected chi connectivity index (χ3v) is 3.96. The first kappa shape index (κ1) is 12.8. The predicted octanol–water partition coefficient (Wildman–Crippen LogP) is 2.74. The Labute approximate surface area is 116 Å². The van der Waals surface area contributed by atoms with E-state index in [4.69, 9.17) is 4.74 Å². The lowest BCUT2D eigenvalue weighted by molar-refractivity contribution is 0.397. The summed E-state index contributed by atoms with van der Waals surface area (Å²) in [6.45, 7) is 0. The lowest BCUT2D eigenvalue weighted by Crippen LogP contribution is -2.18. The molecular weight excluding hydrogens is 254 g/mol. The Balaban J connectivity index is 2.10. The van der Waals surface area contributed by atoms with E-state index >= 15 is 0 Å². The van der Waals surface area contributed by atoms with E-state index in [1.807, 2.05) is 18.2 Å². The number of aromatic nitrogens is 2. The van der Waals surface area contributed by atoms with E-state index in [-0.39, 0.29) is 0 Å². The van der Waals surface area contributed by atoms with Crippen molar-refractivity contribution in [1.82, 2.24) is 9.97 Å². The topological polar surface area (TPSA) is 64.4 Å². The Kier molecular flexibility index (Phi) is 3.20. The molecule has 3 rings (SSSR count). The molecule has 0 amide bonds. The van der Waals surface area contributed by atoms with Gasteiger partial charge in [-0.1, -0.05) is 18.9 Å². The van der Waals surface area contributed by atoms with E-state index in [1.165, 1.54) is 0 Å². The first-order valence-corrected chi connectivity index (χ1v) is 6.68. The van der Waals surface area contributed by atoms with Gasteiger partial charge in [-0.2, -0.15) is 4.99 Å². The molecule has 0 radical (unpaired) electrons. The van der Waals surface area contributed by atoms with E-state index in [2.05, 4.69) is 15.0 Å². The van der Waals surface area contributed by atoms with Crippen LogP contribution in [0.1, 0.15) is 31.2 Å². The predicted molar refractivity (Wildman–Crippen MR) is 74.4 cm³/mol. The molecule has 1 aromatic carbocycles. The van der Waals surface area contributed by atoms with Crippen LogP contribution in [0.2, 0.25) is 0 Å². The highest BCUT2D eigenvalue weighted by atomic mass is 16.5. The Morgan fingerprint density at radius 3 is 2.80 bits per heavy atom. The summed E-state index contributed by atoms with van der Waals surface area (Å²) in [6, 6.07) is 5.84. The molecule has 1 saturated carbocycles. The van der Waals surface area contributed by atoms with Crippen LogP contribution in [-0.2, 0) is 10.3 Å². The number of hydrogen-bond acceptors (Lipinski definition) is 5. The van der Waals surface area contributed by atoms with Crippen LogP contribution in [0.25, 0.3) is 11.0 Å². The number of methoxy groups -OCH3 is 1. The van der Waals surface area contributed by atoms with Crippen LogP contribution in [0, 0.1) is 0 Å². The summed E-state index contributed by atoms with van der Waals surface area (Å²) in [7, 11) is 1.57. The second-order valence-electron chi connectivity index (χ2n) is 5.06. The highest BCUT2D eigenvalue weighted by molar-refractivity contribution is 5.75. The maximum Gasteiger partial charge on any atom is 0.235 e. The molecule has 1 fully saturated rings. The lowest BCUT2D eigenvalue weighted by Gasteiger charge is -2.22. The number of fused-ring (bicyclic) bond motifs is 1. The van der Waals surface area contributed by atoms with Crippen LogP contribution < -0.4 is 4.74 Å². The molecule has 102 valence electrons. The monoisotopic (exact) mass is 269 g/mol. The molecule has 0 unspecified atom stereocenters. The molecule has 1 aliphatic rings. The van der Waals surface area contributed by atoms with Gasteiger partial charge in [0.15, 0.2) is 0 Å². The SMILES string of the molecule is COc1cnc2cc(C3(N=C=O)CCCC3)ccc2n1. The largest absolute Gasteiger partial charge is 0.480 e. The number of isocyanates is 1. The molecule has 5 heteroatoms. The number of aliphatic imine (C=N–C) groups is 1. The quantitative estimate of drug-likeness (QED) is 0.635. The molecule has 1 aliphatic carbocycles. The van der Waals surface area contributed by atoms with Crippen molar-refractivity contribution in [1.29, 1.82) is 0 Å². The summed E-state index contributed by atoms with van der Waals surface area (Å²) in [5.74, 6) is 0.492. The van der Waals surface area contributed by atoms with Crippen molar-refractivity contribution in [3.8, 4) is 5.88 Å². The first-order chi connectivity index (χ1) is 9.77. The molecule has 0 atom stereocenters. The minimum atomic E-state index is -0.419. The second kappa shape index (κ2) is 5.02. The maximum atomic E-state index is 10.8.